The van der Waals surface area contributed by atoms with Gasteiger partial charge in [0.15, 0.2) is 0 Å². The molecule has 0 aromatic carbocycles. The summed E-state index contributed by atoms with van der Waals surface area (Å²) in [5.41, 5.74) is -0.875. The first-order valence-corrected chi connectivity index (χ1v) is 7.20. The second kappa shape index (κ2) is 5.81. The van der Waals surface area contributed by atoms with Crippen molar-refractivity contribution >= 4 is 17.8 Å². The van der Waals surface area contributed by atoms with E-state index in [1.807, 2.05) is 0 Å². The van der Waals surface area contributed by atoms with Crippen LogP contribution in [0.4, 0.5) is 0 Å². The van der Waals surface area contributed by atoms with Crippen molar-refractivity contribution in [3.63, 3.8) is 0 Å². The average Bonchev–Trinajstić information content (AvgIpc) is 2.83. The lowest BCUT2D eigenvalue weighted by atomic mass is 9.82. The summed E-state index contributed by atoms with van der Waals surface area (Å²) in [6.07, 6.45) is 4.04. The van der Waals surface area contributed by atoms with Gasteiger partial charge < -0.3 is 15.3 Å². The Bertz CT molecular complexity index is 415. The quantitative estimate of drug-likeness (QED) is 0.797. The number of piperidine rings is 1. The zero-order valence-electron chi connectivity index (χ0n) is 11.9. The summed E-state index contributed by atoms with van der Waals surface area (Å²) in [6, 6.07) is -0.0579. The maximum absolute atomic E-state index is 12.1. The Morgan fingerprint density at radius 3 is 2.60 bits per heavy atom. The van der Waals surface area contributed by atoms with Gasteiger partial charge in [0.2, 0.25) is 11.8 Å². The number of likely N-dealkylation sites (tertiary alicyclic amines) is 1. The summed E-state index contributed by atoms with van der Waals surface area (Å²) in [5.74, 6) is -0.976. The summed E-state index contributed by atoms with van der Waals surface area (Å²) in [7, 11) is 1.72. The van der Waals surface area contributed by atoms with E-state index in [4.69, 9.17) is 0 Å². The van der Waals surface area contributed by atoms with Gasteiger partial charge in [0.05, 0.1) is 5.41 Å². The number of rotatable bonds is 4. The van der Waals surface area contributed by atoms with Crippen molar-refractivity contribution in [2.45, 2.75) is 51.0 Å². The first-order valence-electron chi connectivity index (χ1n) is 7.20. The summed E-state index contributed by atoms with van der Waals surface area (Å²) < 4.78 is 0. The molecular formula is C14H22N2O4. The van der Waals surface area contributed by atoms with E-state index < -0.39 is 11.4 Å². The van der Waals surface area contributed by atoms with Gasteiger partial charge in [0.1, 0.15) is 0 Å². The Morgan fingerprint density at radius 1 is 1.40 bits per heavy atom. The van der Waals surface area contributed by atoms with Crippen molar-refractivity contribution < 1.29 is 19.5 Å². The number of hydrogen-bond donors (Lipinski definition) is 2. The lowest BCUT2D eigenvalue weighted by Crippen LogP contribution is -2.49. The minimum absolute atomic E-state index is 0.0521. The van der Waals surface area contributed by atoms with Crippen LogP contribution in [0.25, 0.3) is 0 Å². The lowest BCUT2D eigenvalue weighted by Gasteiger charge is -2.31. The van der Waals surface area contributed by atoms with Crippen LogP contribution in [0, 0.1) is 5.41 Å². The molecule has 0 aromatic rings. The number of likely N-dealkylation sites (N-methyl/N-ethyl adjacent to an activating group) is 1. The molecule has 2 amide bonds. The highest BCUT2D eigenvalue weighted by Crippen LogP contribution is 2.41. The standard InChI is InChI=1S/C14H22N2O4/c1-16-9-10(4-5-12(16)18)15-11(17)8-14(13(19)20)6-2-3-7-14/h10H,2-9H2,1H3,(H,15,17)(H,19,20). The predicted octanol–water partition coefficient (Wildman–Crippen LogP) is 0.758. The first kappa shape index (κ1) is 14.8. The maximum atomic E-state index is 12.1. The van der Waals surface area contributed by atoms with Gasteiger partial charge in [-0.25, -0.2) is 0 Å². The Hall–Kier alpha value is -1.59. The van der Waals surface area contributed by atoms with E-state index >= 15 is 0 Å². The second-order valence-corrected chi connectivity index (χ2v) is 6.05. The van der Waals surface area contributed by atoms with Gasteiger partial charge in [-0.15, -0.1) is 0 Å². The molecule has 0 spiro atoms. The highest BCUT2D eigenvalue weighted by molar-refractivity contribution is 5.85. The number of aliphatic carboxylic acids is 1. The number of carboxylic acid groups (broad SMARTS) is 1. The number of carbonyl (C=O) groups is 3. The fourth-order valence-corrected chi connectivity index (χ4v) is 3.23. The molecule has 6 heteroatoms. The fourth-order valence-electron chi connectivity index (χ4n) is 3.23. The summed E-state index contributed by atoms with van der Waals surface area (Å²) in [6.45, 7) is 0.505. The largest absolute Gasteiger partial charge is 0.481 e. The van der Waals surface area contributed by atoms with Crippen LogP contribution in [0.3, 0.4) is 0 Å². The minimum Gasteiger partial charge on any atom is -0.481 e. The lowest BCUT2D eigenvalue weighted by molar-refractivity contribution is -0.151. The first-order chi connectivity index (χ1) is 9.43. The topological polar surface area (TPSA) is 86.7 Å². The summed E-state index contributed by atoms with van der Waals surface area (Å²) >= 11 is 0. The number of nitrogens with one attached hydrogen (secondary N) is 1. The molecule has 1 saturated carbocycles. The Morgan fingerprint density at radius 2 is 2.05 bits per heavy atom. The molecular weight excluding hydrogens is 260 g/mol. The molecule has 2 fully saturated rings. The number of amides is 2. The van der Waals surface area contributed by atoms with E-state index in [2.05, 4.69) is 5.32 Å². The molecule has 1 aliphatic carbocycles. The van der Waals surface area contributed by atoms with E-state index in [-0.39, 0.29) is 24.3 Å². The number of nitrogens with zero attached hydrogens (tertiary/aromatic N) is 1. The van der Waals surface area contributed by atoms with Crippen LogP contribution in [0.15, 0.2) is 0 Å². The molecule has 1 heterocycles. The van der Waals surface area contributed by atoms with Gasteiger partial charge in [-0.3, -0.25) is 14.4 Å². The van der Waals surface area contributed by atoms with E-state index in [1.54, 1.807) is 11.9 Å². The van der Waals surface area contributed by atoms with Crippen molar-refractivity contribution in [1.29, 1.82) is 0 Å². The SMILES string of the molecule is CN1CC(NC(=O)CC2(C(=O)O)CCCC2)CCC1=O. The monoisotopic (exact) mass is 282 g/mol. The van der Waals surface area contributed by atoms with Gasteiger partial charge in [0.25, 0.3) is 0 Å². The van der Waals surface area contributed by atoms with Crippen molar-refractivity contribution in [3.05, 3.63) is 0 Å². The van der Waals surface area contributed by atoms with E-state index in [9.17, 15) is 19.5 Å². The summed E-state index contributed by atoms with van der Waals surface area (Å²) in [4.78, 5) is 36.5. The van der Waals surface area contributed by atoms with Gasteiger partial charge in [0, 0.05) is 32.5 Å². The molecule has 20 heavy (non-hydrogen) atoms. The predicted molar refractivity (Wildman–Crippen MR) is 72.0 cm³/mol. The number of carboxylic acids is 1. The van der Waals surface area contributed by atoms with Gasteiger partial charge in [-0.05, 0) is 19.3 Å². The third kappa shape index (κ3) is 3.11. The molecule has 2 aliphatic rings. The van der Waals surface area contributed by atoms with Crippen molar-refractivity contribution in [3.8, 4) is 0 Å². The van der Waals surface area contributed by atoms with Crippen LogP contribution in [0.1, 0.15) is 44.9 Å². The molecule has 112 valence electrons. The highest BCUT2D eigenvalue weighted by Gasteiger charge is 2.43. The third-order valence-corrected chi connectivity index (χ3v) is 4.51. The Kier molecular flexibility index (Phi) is 4.30. The van der Waals surface area contributed by atoms with Gasteiger partial charge >= 0.3 is 5.97 Å². The normalized spacial score (nSPS) is 25.6. The van der Waals surface area contributed by atoms with E-state index in [0.29, 0.717) is 32.2 Å². The van der Waals surface area contributed by atoms with Crippen LogP contribution in [0.2, 0.25) is 0 Å². The number of carbonyl (C=O) groups excluding carboxylic acids is 2. The Labute approximate surface area is 118 Å². The zero-order valence-corrected chi connectivity index (χ0v) is 11.9. The van der Waals surface area contributed by atoms with Crippen molar-refractivity contribution in [2.24, 2.45) is 5.41 Å². The molecule has 1 unspecified atom stereocenters. The van der Waals surface area contributed by atoms with Crippen molar-refractivity contribution in [1.82, 2.24) is 10.2 Å². The molecule has 1 aliphatic heterocycles. The maximum Gasteiger partial charge on any atom is 0.310 e. The minimum atomic E-state index is -0.875. The van der Waals surface area contributed by atoms with Crippen LogP contribution in [-0.2, 0) is 14.4 Å². The molecule has 2 rings (SSSR count). The molecule has 0 radical (unpaired) electrons. The smallest absolute Gasteiger partial charge is 0.310 e. The average molecular weight is 282 g/mol. The third-order valence-electron chi connectivity index (χ3n) is 4.51. The van der Waals surface area contributed by atoms with E-state index in [1.165, 1.54) is 0 Å². The highest BCUT2D eigenvalue weighted by atomic mass is 16.4. The molecule has 6 nitrogen and oxygen atoms in total. The molecule has 1 atom stereocenters. The molecule has 1 saturated heterocycles. The molecule has 0 aromatic heterocycles. The second-order valence-electron chi connectivity index (χ2n) is 6.05. The van der Waals surface area contributed by atoms with Crippen LogP contribution < -0.4 is 5.32 Å². The van der Waals surface area contributed by atoms with Crippen LogP contribution in [0.5, 0.6) is 0 Å². The van der Waals surface area contributed by atoms with Gasteiger partial charge in [-0.2, -0.15) is 0 Å². The van der Waals surface area contributed by atoms with E-state index in [0.717, 1.165) is 12.8 Å². The van der Waals surface area contributed by atoms with Crippen molar-refractivity contribution in [2.75, 3.05) is 13.6 Å². The van der Waals surface area contributed by atoms with Crippen LogP contribution in [-0.4, -0.2) is 47.4 Å². The molecule has 2 N–H and O–H groups in total. The van der Waals surface area contributed by atoms with Crippen LogP contribution >= 0.6 is 0 Å². The molecule has 0 bridgehead atoms. The summed E-state index contributed by atoms with van der Waals surface area (Å²) in [5, 5.41) is 12.2. The van der Waals surface area contributed by atoms with Gasteiger partial charge in [-0.1, -0.05) is 12.8 Å². The zero-order chi connectivity index (χ0) is 14.8. The Balaban J connectivity index is 1.89. The fraction of sp³-hybridized carbons (Fsp3) is 0.786. The number of hydrogen-bond acceptors (Lipinski definition) is 3.